The Kier molecular flexibility index (Phi) is 7.97. The van der Waals surface area contributed by atoms with E-state index >= 15 is 0 Å². The van der Waals surface area contributed by atoms with E-state index in [0.29, 0.717) is 32.2 Å². The molecule has 27 heavy (non-hydrogen) atoms. The van der Waals surface area contributed by atoms with E-state index in [-0.39, 0.29) is 24.6 Å². The van der Waals surface area contributed by atoms with Crippen LogP contribution in [0.15, 0.2) is 27.8 Å². The van der Waals surface area contributed by atoms with Crippen LogP contribution in [0.1, 0.15) is 25.5 Å². The number of piperidine rings is 1. The zero-order chi connectivity index (χ0) is 19.6. The summed E-state index contributed by atoms with van der Waals surface area (Å²) in [4.78, 5) is 31.2. The van der Waals surface area contributed by atoms with Gasteiger partial charge in [0, 0.05) is 33.2 Å². The van der Waals surface area contributed by atoms with Crippen molar-refractivity contribution in [2.24, 2.45) is 4.99 Å². The lowest BCUT2D eigenvalue weighted by atomic mass is 10.1. The highest BCUT2D eigenvalue weighted by Gasteiger charge is 2.24. The van der Waals surface area contributed by atoms with Gasteiger partial charge in [-0.1, -0.05) is 0 Å². The molecule has 1 aliphatic rings. The van der Waals surface area contributed by atoms with E-state index in [1.165, 1.54) is 4.90 Å². The standard InChI is InChI=1S/C18H29N5O4/c1-4-26-18(25)23-9-7-14(8-10-23)21-17(20-13-16(24)22(2)3)19-12-15-6-5-11-27-15/h5-6,11,14H,4,7-10,12-13H2,1-3H3,(H2,19,20,21). The number of carbonyl (C=O) groups is 2. The van der Waals surface area contributed by atoms with Crippen molar-refractivity contribution in [3.63, 3.8) is 0 Å². The summed E-state index contributed by atoms with van der Waals surface area (Å²) >= 11 is 0. The fourth-order valence-electron chi connectivity index (χ4n) is 2.64. The molecule has 1 aromatic heterocycles. The Morgan fingerprint density at radius 2 is 2.11 bits per heavy atom. The van der Waals surface area contributed by atoms with Crippen LogP contribution in [0.5, 0.6) is 0 Å². The van der Waals surface area contributed by atoms with Crippen molar-refractivity contribution in [2.75, 3.05) is 40.3 Å². The van der Waals surface area contributed by atoms with Crippen LogP contribution in [0.4, 0.5) is 4.79 Å². The number of carbonyl (C=O) groups excluding carboxylic acids is 2. The number of amides is 2. The molecule has 0 radical (unpaired) electrons. The third kappa shape index (κ3) is 6.84. The van der Waals surface area contributed by atoms with Gasteiger partial charge in [-0.3, -0.25) is 4.79 Å². The first-order valence-electron chi connectivity index (χ1n) is 9.18. The Morgan fingerprint density at radius 1 is 1.37 bits per heavy atom. The van der Waals surface area contributed by atoms with Gasteiger partial charge in [-0.05, 0) is 31.9 Å². The quantitative estimate of drug-likeness (QED) is 0.566. The molecule has 0 aliphatic carbocycles. The Morgan fingerprint density at radius 3 is 2.70 bits per heavy atom. The molecule has 2 heterocycles. The second-order valence-corrected chi connectivity index (χ2v) is 6.49. The van der Waals surface area contributed by atoms with E-state index in [0.717, 1.165) is 18.6 Å². The largest absolute Gasteiger partial charge is 0.467 e. The molecule has 150 valence electrons. The van der Waals surface area contributed by atoms with Gasteiger partial charge in [0.15, 0.2) is 5.96 Å². The van der Waals surface area contributed by atoms with Gasteiger partial charge < -0.3 is 29.6 Å². The predicted molar refractivity (Wildman–Crippen MR) is 101 cm³/mol. The van der Waals surface area contributed by atoms with Crippen LogP contribution in [-0.4, -0.2) is 74.1 Å². The third-order valence-corrected chi connectivity index (χ3v) is 4.24. The van der Waals surface area contributed by atoms with E-state index in [2.05, 4.69) is 15.6 Å². The summed E-state index contributed by atoms with van der Waals surface area (Å²) in [5.74, 6) is 1.25. The van der Waals surface area contributed by atoms with Gasteiger partial charge in [-0.2, -0.15) is 0 Å². The van der Waals surface area contributed by atoms with Gasteiger partial charge in [0.05, 0.1) is 19.4 Å². The van der Waals surface area contributed by atoms with E-state index in [4.69, 9.17) is 9.15 Å². The summed E-state index contributed by atoms with van der Waals surface area (Å²) in [6.45, 7) is 3.95. The molecule has 0 unspecified atom stereocenters. The summed E-state index contributed by atoms with van der Waals surface area (Å²) in [6, 6.07) is 3.85. The topological polar surface area (TPSA) is 99.4 Å². The van der Waals surface area contributed by atoms with E-state index in [1.54, 1.807) is 32.2 Å². The Labute approximate surface area is 159 Å². The van der Waals surface area contributed by atoms with Crippen LogP contribution >= 0.6 is 0 Å². The van der Waals surface area contributed by atoms with Crippen LogP contribution in [0, 0.1) is 0 Å². The van der Waals surface area contributed by atoms with Crippen LogP contribution in [0.3, 0.4) is 0 Å². The number of hydrogen-bond acceptors (Lipinski definition) is 5. The number of guanidine groups is 1. The minimum absolute atomic E-state index is 0.0577. The summed E-state index contributed by atoms with van der Waals surface area (Å²) in [6.07, 6.45) is 2.91. The second kappa shape index (κ2) is 10.4. The number of furan rings is 1. The Bertz CT molecular complexity index is 622. The second-order valence-electron chi connectivity index (χ2n) is 6.49. The van der Waals surface area contributed by atoms with Gasteiger partial charge in [-0.15, -0.1) is 0 Å². The number of nitrogens with one attached hydrogen (secondary N) is 2. The van der Waals surface area contributed by atoms with Crippen LogP contribution in [0.2, 0.25) is 0 Å². The highest BCUT2D eigenvalue weighted by molar-refractivity contribution is 5.84. The molecule has 1 aromatic rings. The van der Waals surface area contributed by atoms with Crippen molar-refractivity contribution in [1.29, 1.82) is 0 Å². The Hall–Kier alpha value is -2.71. The normalized spacial score (nSPS) is 15.4. The van der Waals surface area contributed by atoms with Crippen molar-refractivity contribution >= 4 is 18.0 Å². The van der Waals surface area contributed by atoms with E-state index < -0.39 is 0 Å². The summed E-state index contributed by atoms with van der Waals surface area (Å²) in [5.41, 5.74) is 0. The number of hydrogen-bond donors (Lipinski definition) is 2. The highest BCUT2D eigenvalue weighted by Crippen LogP contribution is 2.11. The number of likely N-dealkylation sites (N-methyl/N-ethyl adjacent to an activating group) is 1. The van der Waals surface area contributed by atoms with Crippen LogP contribution in [0.25, 0.3) is 0 Å². The molecule has 0 atom stereocenters. The molecule has 2 amide bonds. The van der Waals surface area contributed by atoms with Crippen molar-refractivity contribution in [3.8, 4) is 0 Å². The lowest BCUT2D eigenvalue weighted by Crippen LogP contribution is -2.50. The molecule has 2 rings (SSSR count). The molecule has 0 spiro atoms. The summed E-state index contributed by atoms with van der Waals surface area (Å²) in [5, 5.41) is 6.54. The van der Waals surface area contributed by atoms with Crippen molar-refractivity contribution in [2.45, 2.75) is 32.4 Å². The minimum atomic E-state index is -0.266. The average molecular weight is 379 g/mol. The van der Waals surface area contributed by atoms with Crippen LogP contribution in [-0.2, 0) is 16.1 Å². The maximum atomic E-state index is 11.8. The first-order chi connectivity index (χ1) is 13.0. The maximum absolute atomic E-state index is 11.8. The van der Waals surface area contributed by atoms with Crippen LogP contribution < -0.4 is 10.6 Å². The molecule has 1 aliphatic heterocycles. The third-order valence-electron chi connectivity index (χ3n) is 4.24. The predicted octanol–water partition coefficient (Wildman–Crippen LogP) is 1.02. The lowest BCUT2D eigenvalue weighted by Gasteiger charge is -2.32. The summed E-state index contributed by atoms with van der Waals surface area (Å²) < 4.78 is 10.4. The first-order valence-corrected chi connectivity index (χ1v) is 9.18. The summed E-state index contributed by atoms with van der Waals surface area (Å²) in [7, 11) is 3.40. The fourth-order valence-corrected chi connectivity index (χ4v) is 2.64. The zero-order valence-electron chi connectivity index (χ0n) is 16.2. The molecule has 0 saturated carbocycles. The van der Waals surface area contributed by atoms with E-state index in [1.807, 2.05) is 12.1 Å². The minimum Gasteiger partial charge on any atom is -0.467 e. The van der Waals surface area contributed by atoms with Crippen molar-refractivity contribution in [1.82, 2.24) is 20.4 Å². The number of ether oxygens (including phenoxy) is 1. The first kappa shape index (κ1) is 20.6. The average Bonchev–Trinajstić information content (AvgIpc) is 3.18. The SMILES string of the molecule is CCOC(=O)N1CCC(NC(=NCC(=O)N(C)C)NCc2ccco2)CC1. The zero-order valence-corrected chi connectivity index (χ0v) is 16.2. The maximum Gasteiger partial charge on any atom is 0.409 e. The number of likely N-dealkylation sites (tertiary alicyclic amines) is 1. The number of nitrogens with zero attached hydrogens (tertiary/aromatic N) is 3. The van der Waals surface area contributed by atoms with Gasteiger partial charge in [-0.25, -0.2) is 9.79 Å². The van der Waals surface area contributed by atoms with E-state index in [9.17, 15) is 9.59 Å². The molecular weight excluding hydrogens is 350 g/mol. The number of rotatable bonds is 6. The Balaban J connectivity index is 1.90. The number of aliphatic imine (C=N–C) groups is 1. The smallest absolute Gasteiger partial charge is 0.409 e. The highest BCUT2D eigenvalue weighted by atomic mass is 16.6. The van der Waals surface area contributed by atoms with Gasteiger partial charge in [0.1, 0.15) is 12.3 Å². The molecule has 1 saturated heterocycles. The van der Waals surface area contributed by atoms with Gasteiger partial charge in [0.2, 0.25) is 5.91 Å². The molecule has 1 fully saturated rings. The van der Waals surface area contributed by atoms with Gasteiger partial charge in [0.25, 0.3) is 0 Å². The molecular formula is C18H29N5O4. The van der Waals surface area contributed by atoms with Crippen molar-refractivity contribution in [3.05, 3.63) is 24.2 Å². The molecule has 0 aromatic carbocycles. The monoisotopic (exact) mass is 379 g/mol. The molecule has 2 N–H and O–H groups in total. The fraction of sp³-hybridized carbons (Fsp3) is 0.611. The van der Waals surface area contributed by atoms with Gasteiger partial charge >= 0.3 is 6.09 Å². The van der Waals surface area contributed by atoms with Crippen molar-refractivity contribution < 1.29 is 18.7 Å². The molecule has 9 heteroatoms. The molecule has 9 nitrogen and oxygen atoms in total. The molecule has 0 bridgehead atoms. The lowest BCUT2D eigenvalue weighted by molar-refractivity contribution is -0.127.